The lowest BCUT2D eigenvalue weighted by atomic mass is 10.1. The van der Waals surface area contributed by atoms with Gasteiger partial charge in [-0.3, -0.25) is 4.79 Å². The van der Waals surface area contributed by atoms with E-state index in [1.165, 1.54) is 17.5 Å². The van der Waals surface area contributed by atoms with Crippen molar-refractivity contribution < 1.29 is 14.6 Å². The molecule has 1 atom stereocenters. The third-order valence-corrected chi connectivity index (χ3v) is 11.9. The summed E-state index contributed by atoms with van der Waals surface area (Å²) >= 11 is 0. The molecule has 0 unspecified atom stereocenters. The van der Waals surface area contributed by atoms with Crippen LogP contribution in [0.4, 0.5) is 0 Å². The van der Waals surface area contributed by atoms with Crippen LogP contribution in [-0.4, -0.2) is 32.3 Å². The lowest BCUT2D eigenvalue weighted by Gasteiger charge is -2.45. The molecule has 0 radical (unpaired) electrons. The van der Waals surface area contributed by atoms with Gasteiger partial charge < -0.3 is 15.6 Å². The Kier molecular flexibility index (Phi) is 6.67. The number of methoxy groups -OCH3 is 1. The molecule has 0 saturated heterocycles. The summed E-state index contributed by atoms with van der Waals surface area (Å²) in [4.78, 5) is 12.1. The number of ether oxygens (including phenoxy) is 1. The summed E-state index contributed by atoms with van der Waals surface area (Å²) in [5.74, 6) is -0.236. The van der Waals surface area contributed by atoms with Crippen molar-refractivity contribution in [2.24, 2.45) is 5.73 Å². The zero-order valence-electron chi connectivity index (χ0n) is 18.6. The van der Waals surface area contributed by atoms with Crippen molar-refractivity contribution in [3.8, 4) is 5.75 Å². The van der Waals surface area contributed by atoms with Crippen LogP contribution in [0.3, 0.4) is 0 Å². The number of rotatable bonds is 6. The van der Waals surface area contributed by atoms with Gasteiger partial charge in [0, 0.05) is 0 Å². The lowest BCUT2D eigenvalue weighted by Crippen LogP contribution is -2.73. The SMILES string of the molecule is COC(=O)[C@@H](N)Cc1ccc(O)cc1[Si](c1ccccc1)(c1ccccc1)C(C)(C)C. The highest BCUT2D eigenvalue weighted by atomic mass is 28.3. The van der Waals surface area contributed by atoms with Gasteiger partial charge in [0.05, 0.1) is 7.11 Å². The van der Waals surface area contributed by atoms with E-state index >= 15 is 0 Å². The van der Waals surface area contributed by atoms with Gasteiger partial charge in [0.15, 0.2) is 8.07 Å². The fourth-order valence-electron chi connectivity index (χ4n) is 4.69. The Morgan fingerprint density at radius 1 is 0.968 bits per heavy atom. The smallest absolute Gasteiger partial charge is 0.322 e. The van der Waals surface area contributed by atoms with Crippen molar-refractivity contribution in [1.82, 2.24) is 0 Å². The first-order chi connectivity index (χ1) is 14.7. The van der Waals surface area contributed by atoms with Crippen LogP contribution in [0.2, 0.25) is 5.04 Å². The average molecular weight is 434 g/mol. The van der Waals surface area contributed by atoms with Gasteiger partial charge in [-0.1, -0.05) is 87.5 Å². The molecule has 0 bridgehead atoms. The number of esters is 1. The van der Waals surface area contributed by atoms with E-state index in [0.29, 0.717) is 6.42 Å². The minimum absolute atomic E-state index is 0.145. The molecule has 0 heterocycles. The maximum Gasteiger partial charge on any atom is 0.322 e. The van der Waals surface area contributed by atoms with Gasteiger partial charge in [0.1, 0.15) is 11.8 Å². The van der Waals surface area contributed by atoms with Crippen LogP contribution in [0.15, 0.2) is 78.9 Å². The Balaban J connectivity index is 2.39. The number of carbonyl (C=O) groups is 1. The van der Waals surface area contributed by atoms with Crippen LogP contribution in [0.1, 0.15) is 26.3 Å². The van der Waals surface area contributed by atoms with Gasteiger partial charge in [-0.2, -0.15) is 0 Å². The molecule has 3 aromatic rings. The summed E-state index contributed by atoms with van der Waals surface area (Å²) in [6, 6.07) is 25.7. The average Bonchev–Trinajstić information content (AvgIpc) is 2.76. The molecule has 4 nitrogen and oxygen atoms in total. The van der Waals surface area contributed by atoms with Crippen LogP contribution in [0, 0.1) is 0 Å². The Hall–Kier alpha value is -2.89. The minimum Gasteiger partial charge on any atom is -0.508 e. The lowest BCUT2D eigenvalue weighted by molar-refractivity contribution is -0.142. The van der Waals surface area contributed by atoms with Crippen molar-refractivity contribution in [3.63, 3.8) is 0 Å². The van der Waals surface area contributed by atoms with E-state index in [4.69, 9.17) is 10.5 Å². The first-order valence-electron chi connectivity index (χ1n) is 10.5. The standard InChI is InChI=1S/C26H31NO3Si/c1-26(2,3)31(21-11-7-5-8-12-21,22-13-9-6-10-14-22)24-18-20(28)16-15-19(24)17-23(27)25(29)30-4/h5-16,18,23,28H,17,27H2,1-4H3/t23-/m0/s1. The van der Waals surface area contributed by atoms with Crippen LogP contribution in [0.5, 0.6) is 5.75 Å². The van der Waals surface area contributed by atoms with Gasteiger partial charge in [-0.15, -0.1) is 0 Å². The molecule has 0 fully saturated rings. The van der Waals surface area contributed by atoms with Gasteiger partial charge in [-0.05, 0) is 44.7 Å². The second kappa shape index (κ2) is 9.08. The molecule has 5 heteroatoms. The molecular formula is C26H31NO3Si. The summed E-state index contributed by atoms with van der Waals surface area (Å²) in [5.41, 5.74) is 7.14. The molecule has 0 aliphatic rings. The van der Waals surface area contributed by atoms with E-state index in [1.54, 1.807) is 6.07 Å². The number of hydrogen-bond acceptors (Lipinski definition) is 4. The van der Waals surface area contributed by atoms with Gasteiger partial charge >= 0.3 is 5.97 Å². The molecule has 0 saturated carbocycles. The maximum absolute atomic E-state index is 12.1. The number of aromatic hydroxyl groups is 1. The third kappa shape index (κ3) is 4.29. The highest BCUT2D eigenvalue weighted by molar-refractivity contribution is 7.13. The van der Waals surface area contributed by atoms with Crippen LogP contribution < -0.4 is 21.3 Å². The van der Waals surface area contributed by atoms with E-state index in [1.807, 2.05) is 24.3 Å². The summed E-state index contributed by atoms with van der Waals surface area (Å²) < 4.78 is 4.87. The van der Waals surface area contributed by atoms with Crippen molar-refractivity contribution in [2.75, 3.05) is 7.11 Å². The van der Waals surface area contributed by atoms with E-state index in [-0.39, 0.29) is 10.8 Å². The number of carbonyl (C=O) groups excluding carboxylic acids is 1. The number of phenols is 1. The summed E-state index contributed by atoms with van der Waals surface area (Å²) in [5, 5.41) is 14.0. The Morgan fingerprint density at radius 3 is 1.94 bits per heavy atom. The van der Waals surface area contributed by atoms with Gasteiger partial charge in [-0.25, -0.2) is 0 Å². The third-order valence-electron chi connectivity index (χ3n) is 5.98. The van der Waals surface area contributed by atoms with Crippen molar-refractivity contribution in [2.45, 2.75) is 38.3 Å². The predicted molar refractivity (Wildman–Crippen MR) is 129 cm³/mol. The number of phenolic OH excluding ortho intramolecular Hbond substituents is 1. The highest BCUT2D eigenvalue weighted by Crippen LogP contribution is 2.37. The van der Waals surface area contributed by atoms with Crippen LogP contribution in [0.25, 0.3) is 0 Å². The fourth-order valence-corrected chi connectivity index (χ4v) is 10.6. The minimum atomic E-state index is -2.68. The Bertz CT molecular complexity index is 990. The van der Waals surface area contributed by atoms with Gasteiger partial charge in [0.2, 0.25) is 0 Å². The molecule has 3 aromatic carbocycles. The van der Waals surface area contributed by atoms with Crippen molar-refractivity contribution in [1.29, 1.82) is 0 Å². The molecular weight excluding hydrogens is 402 g/mol. The number of benzene rings is 3. The molecule has 31 heavy (non-hydrogen) atoms. The number of hydrogen-bond donors (Lipinski definition) is 2. The van der Waals surface area contributed by atoms with Crippen LogP contribution in [-0.2, 0) is 16.0 Å². The molecule has 0 aromatic heterocycles. The fraction of sp³-hybridized carbons (Fsp3) is 0.269. The molecule has 0 spiro atoms. The first kappa shape index (κ1) is 22.8. The second-order valence-electron chi connectivity index (χ2n) is 8.91. The summed E-state index contributed by atoms with van der Waals surface area (Å²) in [7, 11) is -1.33. The second-order valence-corrected chi connectivity index (χ2v) is 13.6. The monoisotopic (exact) mass is 433 g/mol. The van der Waals surface area contributed by atoms with Crippen molar-refractivity contribution >= 4 is 29.6 Å². The highest BCUT2D eigenvalue weighted by Gasteiger charge is 2.50. The van der Waals surface area contributed by atoms with E-state index in [9.17, 15) is 9.90 Å². The maximum atomic E-state index is 12.1. The van der Waals surface area contributed by atoms with E-state index in [2.05, 4.69) is 69.3 Å². The number of nitrogens with two attached hydrogens (primary N) is 1. The molecule has 162 valence electrons. The molecule has 3 N–H and O–H groups in total. The zero-order chi connectivity index (χ0) is 22.6. The predicted octanol–water partition coefficient (Wildman–Crippen LogP) is 2.71. The largest absolute Gasteiger partial charge is 0.508 e. The topological polar surface area (TPSA) is 72.5 Å². The van der Waals surface area contributed by atoms with E-state index in [0.717, 1.165) is 10.8 Å². The van der Waals surface area contributed by atoms with Gasteiger partial charge in [0.25, 0.3) is 0 Å². The molecule has 3 rings (SSSR count). The Labute approximate surface area is 185 Å². The molecule has 0 aliphatic carbocycles. The van der Waals surface area contributed by atoms with Crippen molar-refractivity contribution in [3.05, 3.63) is 84.4 Å². The summed E-state index contributed by atoms with van der Waals surface area (Å²) in [6.45, 7) is 6.77. The van der Waals surface area contributed by atoms with E-state index < -0.39 is 20.1 Å². The Morgan fingerprint density at radius 2 is 1.48 bits per heavy atom. The zero-order valence-corrected chi connectivity index (χ0v) is 19.6. The molecule has 0 aliphatic heterocycles. The van der Waals surface area contributed by atoms with Crippen LogP contribution >= 0.6 is 0 Å². The normalized spacial score (nSPS) is 12.9. The summed E-state index contributed by atoms with van der Waals surface area (Å²) in [6.07, 6.45) is 0.340. The first-order valence-corrected chi connectivity index (χ1v) is 12.5. The quantitative estimate of drug-likeness (QED) is 0.356. The molecule has 0 amide bonds.